The second-order valence-electron chi connectivity index (χ2n) is 7.31. The van der Waals surface area contributed by atoms with Crippen LogP contribution in [0.2, 0.25) is 0 Å². The summed E-state index contributed by atoms with van der Waals surface area (Å²) in [6.07, 6.45) is 3.63. The Morgan fingerprint density at radius 1 is 0.958 bits per heavy atom. The van der Waals surface area contributed by atoms with E-state index in [2.05, 4.69) is 24.3 Å². The molecular weight excluding hydrogens is 302 g/mol. The lowest BCUT2D eigenvalue weighted by Crippen LogP contribution is -2.32. The third-order valence-electron chi connectivity index (χ3n) is 6.23. The first-order valence-corrected chi connectivity index (χ1v) is 8.66. The van der Waals surface area contributed by atoms with Gasteiger partial charge in [-0.3, -0.25) is 14.5 Å². The highest BCUT2D eigenvalue weighted by Crippen LogP contribution is 2.61. The van der Waals surface area contributed by atoms with E-state index in [0.717, 1.165) is 12.8 Å². The van der Waals surface area contributed by atoms with Gasteiger partial charge in [-0.1, -0.05) is 30.3 Å². The van der Waals surface area contributed by atoms with E-state index in [9.17, 15) is 9.59 Å². The van der Waals surface area contributed by atoms with Gasteiger partial charge in [-0.2, -0.15) is 0 Å². The van der Waals surface area contributed by atoms with Crippen LogP contribution in [0.25, 0.3) is 0 Å². The van der Waals surface area contributed by atoms with Crippen molar-refractivity contribution < 1.29 is 14.0 Å². The molecule has 0 unspecified atom stereocenters. The zero-order valence-corrected chi connectivity index (χ0v) is 13.3. The second kappa shape index (κ2) is 5.07. The topological polar surface area (TPSA) is 50.5 Å². The number of imide groups is 1. The van der Waals surface area contributed by atoms with E-state index in [1.54, 1.807) is 12.3 Å². The van der Waals surface area contributed by atoms with Crippen molar-refractivity contribution in [1.82, 2.24) is 4.90 Å². The zero-order valence-electron chi connectivity index (χ0n) is 13.3. The fraction of sp³-hybridized carbons (Fsp3) is 0.400. The summed E-state index contributed by atoms with van der Waals surface area (Å²) in [7, 11) is 0. The molecule has 2 amide bonds. The number of fused-ring (bicyclic) bond motifs is 5. The van der Waals surface area contributed by atoms with Crippen molar-refractivity contribution in [3.63, 3.8) is 0 Å². The summed E-state index contributed by atoms with van der Waals surface area (Å²) in [6, 6.07) is 14.1. The van der Waals surface area contributed by atoms with E-state index < -0.39 is 0 Å². The van der Waals surface area contributed by atoms with Crippen LogP contribution >= 0.6 is 0 Å². The lowest BCUT2D eigenvalue weighted by Gasteiger charge is -2.28. The van der Waals surface area contributed by atoms with Crippen molar-refractivity contribution in [2.75, 3.05) is 0 Å². The average Bonchev–Trinajstić information content (AvgIpc) is 3.37. The number of hydrogen-bond acceptors (Lipinski definition) is 3. The van der Waals surface area contributed by atoms with Crippen molar-refractivity contribution in [2.24, 2.45) is 23.7 Å². The molecule has 4 heteroatoms. The Balaban J connectivity index is 1.43. The molecule has 4 nitrogen and oxygen atoms in total. The quantitative estimate of drug-likeness (QED) is 0.816. The minimum absolute atomic E-state index is 0.00883. The van der Waals surface area contributed by atoms with Gasteiger partial charge in [-0.25, -0.2) is 0 Å². The van der Waals surface area contributed by atoms with E-state index in [0.29, 0.717) is 23.5 Å². The summed E-state index contributed by atoms with van der Waals surface area (Å²) in [5.41, 5.74) is 1.31. The van der Waals surface area contributed by atoms with Crippen LogP contribution < -0.4 is 0 Å². The van der Waals surface area contributed by atoms with E-state index >= 15 is 0 Å². The van der Waals surface area contributed by atoms with Gasteiger partial charge in [0.2, 0.25) is 11.8 Å². The Morgan fingerprint density at radius 2 is 1.75 bits per heavy atom. The van der Waals surface area contributed by atoms with Gasteiger partial charge in [0.15, 0.2) is 0 Å². The maximum Gasteiger partial charge on any atom is 0.233 e. The minimum atomic E-state index is -0.128. The second-order valence-corrected chi connectivity index (χ2v) is 7.31. The summed E-state index contributed by atoms with van der Waals surface area (Å²) in [4.78, 5) is 27.2. The lowest BCUT2D eigenvalue weighted by atomic mass is 9.73. The van der Waals surface area contributed by atoms with Crippen molar-refractivity contribution in [3.05, 3.63) is 60.1 Å². The normalized spacial score (nSPS) is 34.2. The zero-order chi connectivity index (χ0) is 16.3. The fourth-order valence-corrected chi connectivity index (χ4v) is 5.32. The largest absolute Gasteiger partial charge is 0.467 e. The highest BCUT2D eigenvalue weighted by atomic mass is 16.3. The monoisotopic (exact) mass is 321 g/mol. The summed E-state index contributed by atoms with van der Waals surface area (Å²) in [5.74, 6) is 1.54. The van der Waals surface area contributed by atoms with Gasteiger partial charge in [-0.15, -0.1) is 0 Å². The van der Waals surface area contributed by atoms with Gasteiger partial charge >= 0.3 is 0 Å². The number of rotatable bonds is 3. The first-order chi connectivity index (χ1) is 11.7. The van der Waals surface area contributed by atoms with Crippen LogP contribution in [0.1, 0.15) is 30.1 Å². The van der Waals surface area contributed by atoms with E-state index in [1.807, 2.05) is 12.1 Å². The van der Waals surface area contributed by atoms with Crippen LogP contribution in [-0.4, -0.2) is 16.7 Å². The van der Waals surface area contributed by atoms with Gasteiger partial charge in [0.05, 0.1) is 24.6 Å². The first-order valence-electron chi connectivity index (χ1n) is 8.66. The van der Waals surface area contributed by atoms with Crippen molar-refractivity contribution >= 4 is 11.8 Å². The molecule has 0 spiro atoms. The first kappa shape index (κ1) is 14.0. The summed E-state index contributed by atoms with van der Waals surface area (Å²) >= 11 is 0. The van der Waals surface area contributed by atoms with Gasteiger partial charge < -0.3 is 4.42 Å². The highest BCUT2D eigenvalue weighted by Gasteiger charge is 2.63. The maximum absolute atomic E-state index is 13.0. The maximum atomic E-state index is 13.0. The SMILES string of the molecule is O=C1[C@@H]2[C@@H]3C[C@@H]([C@@H]2C(=O)N1Cc1ccco1)[C@@H](c1ccccc1)C3. The highest BCUT2D eigenvalue weighted by molar-refractivity contribution is 6.06. The summed E-state index contributed by atoms with van der Waals surface area (Å²) in [6.45, 7) is 0.271. The molecule has 1 aromatic heterocycles. The molecule has 0 N–H and O–H groups in total. The Labute approximate surface area is 140 Å². The number of nitrogens with zero attached hydrogens (tertiary/aromatic N) is 1. The number of carbonyl (C=O) groups excluding carboxylic acids is 2. The summed E-state index contributed by atoms with van der Waals surface area (Å²) in [5, 5.41) is 0. The molecule has 2 aromatic rings. The molecule has 1 aromatic carbocycles. The molecule has 5 atom stereocenters. The molecule has 3 aliphatic rings. The van der Waals surface area contributed by atoms with E-state index in [1.165, 1.54) is 10.5 Å². The molecule has 1 saturated heterocycles. The lowest BCUT2D eigenvalue weighted by molar-refractivity contribution is -0.141. The number of hydrogen-bond donors (Lipinski definition) is 0. The van der Waals surface area contributed by atoms with Gasteiger partial charge in [0.25, 0.3) is 0 Å². The van der Waals surface area contributed by atoms with Crippen molar-refractivity contribution in [3.8, 4) is 0 Å². The Kier molecular flexibility index (Phi) is 2.96. The molecule has 3 fully saturated rings. The van der Waals surface area contributed by atoms with Crippen LogP contribution in [-0.2, 0) is 16.1 Å². The number of furan rings is 1. The van der Waals surface area contributed by atoms with Crippen LogP contribution in [0.15, 0.2) is 53.1 Å². The van der Waals surface area contributed by atoms with Crippen LogP contribution in [0, 0.1) is 23.7 Å². The van der Waals surface area contributed by atoms with E-state index in [4.69, 9.17) is 4.42 Å². The minimum Gasteiger partial charge on any atom is -0.467 e. The van der Waals surface area contributed by atoms with Crippen LogP contribution in [0.4, 0.5) is 0 Å². The molecule has 1 aliphatic heterocycles. The third kappa shape index (κ3) is 1.86. The number of amides is 2. The number of likely N-dealkylation sites (tertiary alicyclic amines) is 1. The van der Waals surface area contributed by atoms with E-state index in [-0.39, 0.29) is 30.2 Å². The number of benzene rings is 1. The molecule has 2 aliphatic carbocycles. The van der Waals surface area contributed by atoms with Crippen molar-refractivity contribution in [1.29, 1.82) is 0 Å². The Bertz CT molecular complexity index is 782. The Morgan fingerprint density at radius 3 is 2.50 bits per heavy atom. The standard InChI is InChI=1S/C20H19NO3/c22-19-17-13-9-15(12-5-2-1-3-6-12)16(10-13)18(17)20(23)21(19)11-14-7-4-8-24-14/h1-8,13,15-18H,9-11H2/t13-,15+,16+,17+,18-/m0/s1. The van der Waals surface area contributed by atoms with Crippen molar-refractivity contribution in [2.45, 2.75) is 25.3 Å². The molecule has 122 valence electrons. The van der Waals surface area contributed by atoms with Gasteiger partial charge in [-0.05, 0) is 48.3 Å². The molecule has 5 rings (SSSR count). The molecule has 2 heterocycles. The molecule has 24 heavy (non-hydrogen) atoms. The summed E-state index contributed by atoms with van der Waals surface area (Å²) < 4.78 is 5.33. The molecule has 2 saturated carbocycles. The third-order valence-corrected chi connectivity index (χ3v) is 6.23. The van der Waals surface area contributed by atoms with Crippen LogP contribution in [0.5, 0.6) is 0 Å². The van der Waals surface area contributed by atoms with Gasteiger partial charge in [0, 0.05) is 0 Å². The molecule has 2 bridgehead atoms. The fourth-order valence-electron chi connectivity index (χ4n) is 5.32. The van der Waals surface area contributed by atoms with Crippen LogP contribution in [0.3, 0.4) is 0 Å². The smallest absolute Gasteiger partial charge is 0.233 e. The number of carbonyl (C=O) groups is 2. The van der Waals surface area contributed by atoms with Gasteiger partial charge in [0.1, 0.15) is 5.76 Å². The molecular formula is C20H19NO3. The molecule has 0 radical (unpaired) electrons. The predicted molar refractivity (Wildman–Crippen MR) is 86.6 cm³/mol. The Hall–Kier alpha value is -2.36. The average molecular weight is 321 g/mol. The predicted octanol–water partition coefficient (Wildman–Crippen LogP) is 3.20.